The first-order valence-electron chi connectivity index (χ1n) is 9.19. The van der Waals surface area contributed by atoms with Gasteiger partial charge >= 0.3 is 0 Å². The Balaban J connectivity index is 1.89. The van der Waals surface area contributed by atoms with E-state index in [-0.39, 0.29) is 18.4 Å². The summed E-state index contributed by atoms with van der Waals surface area (Å²) in [4.78, 5) is 23.8. The smallest absolute Gasteiger partial charge is 0.261 e. The molecule has 0 heterocycles. The summed E-state index contributed by atoms with van der Waals surface area (Å²) in [5.41, 5.74) is 0.819. The van der Waals surface area contributed by atoms with E-state index in [1.54, 1.807) is 49.4 Å². The van der Waals surface area contributed by atoms with Gasteiger partial charge in [-0.2, -0.15) is 0 Å². The zero-order valence-electron chi connectivity index (χ0n) is 16.7. The number of benzene rings is 2. The number of nitrogens with one attached hydrogen (secondary N) is 2. The molecule has 2 rings (SSSR count). The molecule has 0 aromatic heterocycles. The molecule has 2 N–H and O–H groups in total. The Morgan fingerprint density at radius 2 is 1.79 bits per heavy atom. The van der Waals surface area contributed by atoms with Crippen LogP contribution in [0.15, 0.2) is 42.5 Å². The van der Waals surface area contributed by atoms with Gasteiger partial charge in [-0.05, 0) is 55.8 Å². The van der Waals surface area contributed by atoms with Gasteiger partial charge in [0.1, 0.15) is 5.75 Å². The Hall–Kier alpha value is -2.93. The molecule has 0 radical (unpaired) electrons. The predicted molar refractivity (Wildman–Crippen MR) is 111 cm³/mol. The van der Waals surface area contributed by atoms with Crippen LogP contribution in [-0.4, -0.2) is 38.2 Å². The lowest BCUT2D eigenvalue weighted by molar-refractivity contribution is -0.127. The summed E-state index contributed by atoms with van der Waals surface area (Å²) in [5.74, 6) is 1.03. The second kappa shape index (κ2) is 11.2. The third kappa shape index (κ3) is 7.19. The van der Waals surface area contributed by atoms with Crippen LogP contribution in [-0.2, 0) is 16.1 Å². The number of ether oxygens (including phenoxy) is 3. The summed E-state index contributed by atoms with van der Waals surface area (Å²) in [6, 6.07) is 12.0. The molecule has 156 valence electrons. The number of methoxy groups -OCH3 is 1. The molecule has 8 heteroatoms. The number of halogens is 1. The van der Waals surface area contributed by atoms with Gasteiger partial charge in [0.05, 0.1) is 7.11 Å². The van der Waals surface area contributed by atoms with Crippen LogP contribution in [0.25, 0.3) is 0 Å². The van der Waals surface area contributed by atoms with Gasteiger partial charge in [-0.15, -0.1) is 0 Å². The minimum absolute atomic E-state index is 0.0974. The van der Waals surface area contributed by atoms with Gasteiger partial charge in [0.25, 0.3) is 11.8 Å². The third-order valence-corrected chi connectivity index (χ3v) is 4.18. The molecule has 0 aliphatic rings. The minimum atomic E-state index is -0.669. The minimum Gasteiger partial charge on any atom is -0.493 e. The Kier molecular flexibility index (Phi) is 8.61. The van der Waals surface area contributed by atoms with Gasteiger partial charge in [-0.25, -0.2) is 0 Å². The fourth-order valence-corrected chi connectivity index (χ4v) is 2.56. The second-order valence-corrected chi connectivity index (χ2v) is 6.60. The largest absolute Gasteiger partial charge is 0.493 e. The molecule has 0 aliphatic carbocycles. The van der Waals surface area contributed by atoms with Crippen molar-refractivity contribution in [3.05, 3.63) is 53.1 Å². The molecule has 2 aromatic carbocycles. The van der Waals surface area contributed by atoms with Crippen molar-refractivity contribution < 1.29 is 23.8 Å². The topological polar surface area (TPSA) is 85.9 Å². The van der Waals surface area contributed by atoms with Gasteiger partial charge in [0.2, 0.25) is 0 Å². The average molecular weight is 421 g/mol. The van der Waals surface area contributed by atoms with E-state index in [0.29, 0.717) is 35.4 Å². The molecule has 2 aromatic rings. The Labute approximate surface area is 175 Å². The van der Waals surface area contributed by atoms with Crippen molar-refractivity contribution in [3.8, 4) is 17.2 Å². The predicted octanol–water partition coefficient (Wildman–Crippen LogP) is 2.95. The SMILES string of the molecule is CCNC(=O)COc1ccc(CNC(=O)C(C)Oc2ccc(Cl)cc2)cc1OC. The van der Waals surface area contributed by atoms with Crippen molar-refractivity contribution >= 4 is 23.4 Å². The van der Waals surface area contributed by atoms with Crippen LogP contribution >= 0.6 is 11.6 Å². The molecule has 1 unspecified atom stereocenters. The van der Waals surface area contributed by atoms with Gasteiger partial charge < -0.3 is 24.8 Å². The molecular formula is C21H25ClN2O5. The van der Waals surface area contributed by atoms with E-state index in [1.807, 2.05) is 6.92 Å². The molecule has 1 atom stereocenters. The molecule has 0 fully saturated rings. The van der Waals surface area contributed by atoms with Crippen molar-refractivity contribution in [2.45, 2.75) is 26.5 Å². The highest BCUT2D eigenvalue weighted by Crippen LogP contribution is 2.28. The number of likely N-dealkylation sites (N-methyl/N-ethyl adjacent to an activating group) is 1. The van der Waals surface area contributed by atoms with E-state index in [0.717, 1.165) is 5.56 Å². The van der Waals surface area contributed by atoms with Gasteiger partial charge in [-0.3, -0.25) is 9.59 Å². The highest BCUT2D eigenvalue weighted by molar-refractivity contribution is 6.30. The molecule has 0 spiro atoms. The first-order chi connectivity index (χ1) is 13.9. The van der Waals surface area contributed by atoms with E-state index in [1.165, 1.54) is 7.11 Å². The van der Waals surface area contributed by atoms with Crippen LogP contribution in [0.4, 0.5) is 0 Å². The number of carbonyl (C=O) groups is 2. The first kappa shape index (κ1) is 22.4. The highest BCUT2D eigenvalue weighted by Gasteiger charge is 2.15. The van der Waals surface area contributed by atoms with Crippen LogP contribution in [0.5, 0.6) is 17.2 Å². The lowest BCUT2D eigenvalue weighted by atomic mass is 10.2. The Morgan fingerprint density at radius 1 is 1.07 bits per heavy atom. The van der Waals surface area contributed by atoms with Crippen molar-refractivity contribution in [3.63, 3.8) is 0 Å². The van der Waals surface area contributed by atoms with Gasteiger partial charge in [0.15, 0.2) is 24.2 Å². The Bertz CT molecular complexity index is 826. The van der Waals surface area contributed by atoms with Crippen LogP contribution in [0.3, 0.4) is 0 Å². The standard InChI is InChI=1S/C21H25ClN2O5/c1-4-23-20(25)13-28-18-10-5-15(11-19(18)27-3)12-24-21(26)14(2)29-17-8-6-16(22)7-9-17/h5-11,14H,4,12-13H2,1-3H3,(H,23,25)(H,24,26). The van der Waals surface area contributed by atoms with E-state index < -0.39 is 6.10 Å². The number of hydrogen-bond donors (Lipinski definition) is 2. The third-order valence-electron chi connectivity index (χ3n) is 3.92. The molecule has 0 saturated heterocycles. The number of rotatable bonds is 10. The van der Waals surface area contributed by atoms with Crippen molar-refractivity contribution in [1.82, 2.24) is 10.6 Å². The van der Waals surface area contributed by atoms with E-state index in [4.69, 9.17) is 25.8 Å². The summed E-state index contributed by atoms with van der Waals surface area (Å²) in [7, 11) is 1.51. The van der Waals surface area contributed by atoms with Crippen molar-refractivity contribution in [2.75, 3.05) is 20.3 Å². The second-order valence-electron chi connectivity index (χ2n) is 6.16. The van der Waals surface area contributed by atoms with Crippen LogP contribution in [0.1, 0.15) is 19.4 Å². The number of carbonyl (C=O) groups excluding carboxylic acids is 2. The fraction of sp³-hybridized carbons (Fsp3) is 0.333. The lowest BCUT2D eigenvalue weighted by Gasteiger charge is -2.16. The molecule has 2 amide bonds. The van der Waals surface area contributed by atoms with Crippen LogP contribution < -0.4 is 24.8 Å². The molecule has 0 saturated carbocycles. The van der Waals surface area contributed by atoms with E-state index in [2.05, 4.69) is 10.6 Å². The maximum atomic E-state index is 12.3. The van der Waals surface area contributed by atoms with Crippen LogP contribution in [0, 0.1) is 0 Å². The zero-order chi connectivity index (χ0) is 21.2. The fourth-order valence-electron chi connectivity index (χ4n) is 2.44. The van der Waals surface area contributed by atoms with E-state index >= 15 is 0 Å². The summed E-state index contributed by atoms with van der Waals surface area (Å²) < 4.78 is 16.4. The maximum absolute atomic E-state index is 12.3. The monoisotopic (exact) mass is 420 g/mol. The van der Waals surface area contributed by atoms with Gasteiger partial charge in [0, 0.05) is 18.1 Å². The highest BCUT2D eigenvalue weighted by atomic mass is 35.5. The summed E-state index contributed by atoms with van der Waals surface area (Å²) in [5, 5.41) is 6.07. The first-order valence-corrected chi connectivity index (χ1v) is 9.57. The molecule has 0 aliphatic heterocycles. The summed E-state index contributed by atoms with van der Waals surface area (Å²) in [6.45, 7) is 4.24. The van der Waals surface area contributed by atoms with E-state index in [9.17, 15) is 9.59 Å². The van der Waals surface area contributed by atoms with Crippen molar-refractivity contribution in [2.24, 2.45) is 0 Å². The van der Waals surface area contributed by atoms with Crippen molar-refractivity contribution in [1.29, 1.82) is 0 Å². The molecule has 7 nitrogen and oxygen atoms in total. The molecule has 29 heavy (non-hydrogen) atoms. The quantitative estimate of drug-likeness (QED) is 0.617. The normalized spacial score (nSPS) is 11.3. The number of hydrogen-bond acceptors (Lipinski definition) is 5. The van der Waals surface area contributed by atoms with Crippen LogP contribution in [0.2, 0.25) is 5.02 Å². The number of amides is 2. The average Bonchev–Trinajstić information content (AvgIpc) is 2.72. The lowest BCUT2D eigenvalue weighted by Crippen LogP contribution is -2.35. The Morgan fingerprint density at radius 3 is 2.45 bits per heavy atom. The maximum Gasteiger partial charge on any atom is 0.261 e. The zero-order valence-corrected chi connectivity index (χ0v) is 17.4. The summed E-state index contributed by atoms with van der Waals surface area (Å²) >= 11 is 5.84. The van der Waals surface area contributed by atoms with Gasteiger partial charge in [-0.1, -0.05) is 17.7 Å². The molecular weight excluding hydrogens is 396 g/mol. The molecule has 0 bridgehead atoms. The summed E-state index contributed by atoms with van der Waals surface area (Å²) in [6.07, 6.45) is -0.669.